The average Bonchev–Trinajstić information content (AvgIpc) is 2.53. The molecule has 3 rings (SSSR count). The van der Waals surface area contributed by atoms with Crippen LogP contribution in [0.2, 0.25) is 0 Å². The maximum atomic E-state index is 12.2. The Bertz CT molecular complexity index is 946. The van der Waals surface area contributed by atoms with E-state index in [1.807, 2.05) is 0 Å². The number of phenolic OH excluding ortho intramolecular Hbond substituents is 1. The number of methoxy groups -OCH3 is 1. The lowest BCUT2D eigenvalue weighted by Crippen LogP contribution is -2.05. The van der Waals surface area contributed by atoms with Gasteiger partial charge in [-0.2, -0.15) is 0 Å². The molecule has 0 atom stereocenters. The van der Waals surface area contributed by atoms with Gasteiger partial charge >= 0.3 is 0 Å². The minimum atomic E-state index is -0.243. The molecule has 0 bridgehead atoms. The third-order valence-corrected chi connectivity index (χ3v) is 3.29. The Hall–Kier alpha value is -3.15. The molecule has 0 aliphatic heterocycles. The highest BCUT2D eigenvalue weighted by molar-refractivity contribution is 5.98. The van der Waals surface area contributed by atoms with Gasteiger partial charge in [-0.05, 0) is 19.1 Å². The average molecular weight is 310 g/mol. The number of rotatable bonds is 3. The smallest absolute Gasteiger partial charge is 0.196 e. The predicted octanol–water partition coefficient (Wildman–Crippen LogP) is 2.96. The predicted molar refractivity (Wildman–Crippen MR) is 86.9 cm³/mol. The van der Waals surface area contributed by atoms with Crippen LogP contribution in [0.3, 0.4) is 0 Å². The summed E-state index contributed by atoms with van der Waals surface area (Å²) >= 11 is 0. The van der Waals surface area contributed by atoms with Crippen LogP contribution < -0.4 is 10.2 Å². The zero-order valence-electron chi connectivity index (χ0n) is 12.6. The minimum Gasteiger partial charge on any atom is -0.507 e. The van der Waals surface area contributed by atoms with Crippen molar-refractivity contribution in [3.8, 4) is 11.5 Å². The van der Waals surface area contributed by atoms with E-state index in [1.165, 1.54) is 25.5 Å². The summed E-state index contributed by atoms with van der Waals surface area (Å²) in [5.74, 6) is 1.06. The number of nitrogens with zero attached hydrogens (tertiary/aromatic N) is 2. The van der Waals surface area contributed by atoms with Crippen LogP contribution in [0, 0.1) is 6.92 Å². The Labute approximate surface area is 131 Å². The molecule has 0 saturated carbocycles. The van der Waals surface area contributed by atoms with Crippen molar-refractivity contribution in [2.45, 2.75) is 6.92 Å². The van der Waals surface area contributed by atoms with E-state index in [9.17, 15) is 9.90 Å². The molecule has 2 heterocycles. The molecule has 0 unspecified atom stereocenters. The van der Waals surface area contributed by atoms with Crippen molar-refractivity contribution in [2.75, 3.05) is 7.11 Å². The number of phenols is 1. The van der Waals surface area contributed by atoms with Crippen molar-refractivity contribution in [1.29, 1.82) is 0 Å². The second-order valence-corrected chi connectivity index (χ2v) is 4.88. The fourth-order valence-electron chi connectivity index (χ4n) is 2.31. The van der Waals surface area contributed by atoms with Crippen LogP contribution in [-0.2, 0) is 0 Å². The van der Waals surface area contributed by atoms with Crippen LogP contribution in [0.15, 0.2) is 50.7 Å². The summed E-state index contributed by atoms with van der Waals surface area (Å²) in [6.07, 6.45) is 3.02. The second kappa shape index (κ2) is 5.92. The summed E-state index contributed by atoms with van der Waals surface area (Å²) in [5.41, 5.74) is 0.314. The lowest BCUT2D eigenvalue weighted by atomic mass is 10.1. The van der Waals surface area contributed by atoms with Gasteiger partial charge in [0.15, 0.2) is 11.2 Å². The second-order valence-electron chi connectivity index (χ2n) is 4.88. The Morgan fingerprint density at radius 1 is 1.35 bits per heavy atom. The number of hydrogen-bond donors (Lipinski definition) is 1. The summed E-state index contributed by atoms with van der Waals surface area (Å²) in [7, 11) is 1.42. The number of aromatic hydroxyl groups is 1. The number of aliphatic imine (C=N–C) groups is 1. The normalized spacial score (nSPS) is 11.2. The van der Waals surface area contributed by atoms with Gasteiger partial charge in [0.1, 0.15) is 28.2 Å². The van der Waals surface area contributed by atoms with Crippen molar-refractivity contribution < 1.29 is 14.3 Å². The molecule has 23 heavy (non-hydrogen) atoms. The number of aryl methyl sites for hydroxylation is 1. The van der Waals surface area contributed by atoms with E-state index in [-0.39, 0.29) is 27.9 Å². The molecule has 0 aliphatic carbocycles. The lowest BCUT2D eigenvalue weighted by molar-refractivity contribution is 0.410. The zero-order valence-corrected chi connectivity index (χ0v) is 12.6. The fourth-order valence-corrected chi connectivity index (χ4v) is 2.31. The molecule has 0 saturated heterocycles. The first-order valence-corrected chi connectivity index (χ1v) is 6.89. The van der Waals surface area contributed by atoms with E-state index in [0.717, 1.165) is 0 Å². The molecule has 116 valence electrons. The molecule has 2 aromatic heterocycles. The van der Waals surface area contributed by atoms with Gasteiger partial charge in [0.05, 0.1) is 12.7 Å². The van der Waals surface area contributed by atoms with Crippen molar-refractivity contribution >= 4 is 23.0 Å². The maximum Gasteiger partial charge on any atom is 0.196 e. The summed E-state index contributed by atoms with van der Waals surface area (Å²) in [5, 5.41) is 10.5. The monoisotopic (exact) mass is 310 g/mol. The summed E-state index contributed by atoms with van der Waals surface area (Å²) in [6.45, 7) is 1.67. The molecule has 6 heteroatoms. The quantitative estimate of drug-likeness (QED) is 0.752. The van der Waals surface area contributed by atoms with Crippen molar-refractivity contribution in [3.05, 3.63) is 58.1 Å². The Balaban J connectivity index is 2.23. The molecule has 0 spiro atoms. The van der Waals surface area contributed by atoms with Crippen LogP contribution in [0.5, 0.6) is 11.5 Å². The minimum absolute atomic E-state index is 0.0946. The van der Waals surface area contributed by atoms with Gasteiger partial charge in [-0.15, -0.1) is 0 Å². The molecule has 0 amide bonds. The highest BCUT2D eigenvalue weighted by Crippen LogP contribution is 2.34. The van der Waals surface area contributed by atoms with Crippen LogP contribution in [0.25, 0.3) is 11.0 Å². The van der Waals surface area contributed by atoms with Crippen molar-refractivity contribution in [1.82, 2.24) is 4.98 Å². The molecule has 3 aromatic rings. The first kappa shape index (κ1) is 14.8. The first-order valence-electron chi connectivity index (χ1n) is 6.89. The SMILES string of the molecule is COc1c(/C=N/c2ccccn2)c(O)cc2oc(C)cc(=O)c12. The number of pyridine rings is 1. The Morgan fingerprint density at radius 2 is 2.17 bits per heavy atom. The third kappa shape index (κ3) is 2.78. The highest BCUT2D eigenvalue weighted by atomic mass is 16.5. The van der Waals surface area contributed by atoms with Crippen LogP contribution in [0.4, 0.5) is 5.82 Å². The summed E-state index contributed by atoms with van der Waals surface area (Å²) in [6, 6.07) is 8.06. The Kier molecular flexibility index (Phi) is 3.80. The molecule has 0 radical (unpaired) electrons. The molecule has 0 aliphatic rings. The number of hydrogen-bond acceptors (Lipinski definition) is 6. The number of benzene rings is 1. The molecule has 0 fully saturated rings. The largest absolute Gasteiger partial charge is 0.507 e. The van der Waals surface area contributed by atoms with E-state index in [1.54, 1.807) is 31.3 Å². The number of fused-ring (bicyclic) bond motifs is 1. The van der Waals surface area contributed by atoms with E-state index < -0.39 is 0 Å². The fraction of sp³-hybridized carbons (Fsp3) is 0.118. The molecular weight excluding hydrogens is 296 g/mol. The van der Waals surface area contributed by atoms with E-state index in [4.69, 9.17) is 9.15 Å². The van der Waals surface area contributed by atoms with Gasteiger partial charge in [-0.25, -0.2) is 9.98 Å². The summed E-state index contributed by atoms with van der Waals surface area (Å²) in [4.78, 5) is 20.5. The van der Waals surface area contributed by atoms with E-state index in [2.05, 4.69) is 9.98 Å². The molecule has 6 nitrogen and oxygen atoms in total. The highest BCUT2D eigenvalue weighted by Gasteiger charge is 2.17. The number of aromatic nitrogens is 1. The molecule has 1 N–H and O–H groups in total. The van der Waals surface area contributed by atoms with Crippen molar-refractivity contribution in [3.63, 3.8) is 0 Å². The van der Waals surface area contributed by atoms with Gasteiger partial charge in [0.25, 0.3) is 0 Å². The van der Waals surface area contributed by atoms with Crippen molar-refractivity contribution in [2.24, 2.45) is 4.99 Å². The van der Waals surface area contributed by atoms with Gasteiger partial charge < -0.3 is 14.3 Å². The van der Waals surface area contributed by atoms with Gasteiger partial charge in [-0.1, -0.05) is 6.07 Å². The third-order valence-electron chi connectivity index (χ3n) is 3.29. The first-order chi connectivity index (χ1) is 11.1. The van der Waals surface area contributed by atoms with Gasteiger partial charge in [0, 0.05) is 24.5 Å². The number of ether oxygens (including phenoxy) is 1. The summed E-state index contributed by atoms with van der Waals surface area (Å²) < 4.78 is 10.8. The lowest BCUT2D eigenvalue weighted by Gasteiger charge is -2.10. The Morgan fingerprint density at radius 3 is 2.87 bits per heavy atom. The van der Waals surface area contributed by atoms with Crippen LogP contribution in [0.1, 0.15) is 11.3 Å². The van der Waals surface area contributed by atoms with Crippen LogP contribution in [-0.4, -0.2) is 23.4 Å². The standard InChI is InChI=1S/C17H14N2O4/c1-10-7-13(21)16-14(23-10)8-12(20)11(17(16)22-2)9-19-15-5-3-4-6-18-15/h3-9,20H,1-2H3/b19-9+. The zero-order chi connectivity index (χ0) is 16.4. The molecular formula is C17H14N2O4. The topological polar surface area (TPSA) is 84.9 Å². The maximum absolute atomic E-state index is 12.2. The van der Waals surface area contributed by atoms with Crippen LogP contribution >= 0.6 is 0 Å². The molecule has 1 aromatic carbocycles. The van der Waals surface area contributed by atoms with Gasteiger partial charge in [0.2, 0.25) is 0 Å². The van der Waals surface area contributed by atoms with E-state index >= 15 is 0 Å². The van der Waals surface area contributed by atoms with E-state index in [0.29, 0.717) is 17.1 Å². The van der Waals surface area contributed by atoms with Gasteiger partial charge in [-0.3, -0.25) is 4.79 Å².